The molecule has 0 fully saturated rings. The highest BCUT2D eigenvalue weighted by Crippen LogP contribution is 2.29. The summed E-state index contributed by atoms with van der Waals surface area (Å²) in [5, 5.41) is 10.4. The van der Waals surface area contributed by atoms with Crippen LogP contribution in [0.25, 0.3) is 28.0 Å². The van der Waals surface area contributed by atoms with Crippen LogP contribution in [0.3, 0.4) is 0 Å². The Kier molecular flexibility index (Phi) is 10.1. The molecule has 3 N–H and O–H groups in total. The molecule has 1 unspecified atom stereocenters. The maximum Gasteiger partial charge on any atom is 0.272 e. The molecular formula is C41H33N3O3S. The SMILES string of the molecule is CC(Sc1cccc(NC(=O)/C(=C\c2ccc(-c3ccccc3)cc2)NC(=O)c2ccccc2)c1)C(=O)Nc1cccc2ccccc12. The summed E-state index contributed by atoms with van der Waals surface area (Å²) >= 11 is 1.39. The lowest BCUT2D eigenvalue weighted by atomic mass is 10.0. The molecule has 0 aliphatic rings. The Labute approximate surface area is 283 Å². The van der Waals surface area contributed by atoms with E-state index in [1.165, 1.54) is 11.8 Å². The van der Waals surface area contributed by atoms with Gasteiger partial charge in [0.15, 0.2) is 0 Å². The van der Waals surface area contributed by atoms with Crippen molar-refractivity contribution in [2.24, 2.45) is 0 Å². The number of carbonyl (C=O) groups is 3. The fourth-order valence-corrected chi connectivity index (χ4v) is 6.11. The van der Waals surface area contributed by atoms with Crippen LogP contribution in [0, 0.1) is 0 Å². The zero-order chi connectivity index (χ0) is 33.3. The topological polar surface area (TPSA) is 87.3 Å². The van der Waals surface area contributed by atoms with E-state index in [2.05, 4.69) is 16.0 Å². The molecule has 1 atom stereocenters. The largest absolute Gasteiger partial charge is 0.325 e. The second-order valence-corrected chi connectivity index (χ2v) is 12.5. The van der Waals surface area contributed by atoms with Gasteiger partial charge in [0.05, 0.1) is 5.25 Å². The Bertz CT molecular complexity index is 2090. The fourth-order valence-electron chi connectivity index (χ4n) is 5.18. The smallest absolute Gasteiger partial charge is 0.272 e. The second kappa shape index (κ2) is 15.1. The Balaban J connectivity index is 1.17. The van der Waals surface area contributed by atoms with Crippen molar-refractivity contribution in [3.8, 4) is 11.1 Å². The van der Waals surface area contributed by atoms with Crippen LogP contribution in [0.5, 0.6) is 0 Å². The molecule has 7 heteroatoms. The third-order valence-corrected chi connectivity index (χ3v) is 8.77. The van der Waals surface area contributed by atoms with Gasteiger partial charge in [-0.1, -0.05) is 115 Å². The molecule has 0 radical (unpaired) electrons. The van der Waals surface area contributed by atoms with E-state index in [0.29, 0.717) is 11.3 Å². The predicted octanol–water partition coefficient (Wildman–Crippen LogP) is 9.04. The van der Waals surface area contributed by atoms with Gasteiger partial charge in [-0.2, -0.15) is 0 Å². The summed E-state index contributed by atoms with van der Waals surface area (Å²) in [6.45, 7) is 1.85. The minimum atomic E-state index is -0.477. The van der Waals surface area contributed by atoms with Crippen molar-refractivity contribution in [1.82, 2.24) is 5.32 Å². The summed E-state index contributed by atoms with van der Waals surface area (Å²) in [5.41, 5.74) is 4.71. The van der Waals surface area contributed by atoms with Crippen molar-refractivity contribution in [1.29, 1.82) is 0 Å². The summed E-state index contributed by atoms with van der Waals surface area (Å²) in [6.07, 6.45) is 1.66. The summed E-state index contributed by atoms with van der Waals surface area (Å²) in [6, 6.07) is 47.6. The lowest BCUT2D eigenvalue weighted by Gasteiger charge is -2.15. The van der Waals surface area contributed by atoms with Gasteiger partial charge in [0, 0.05) is 27.2 Å². The Hall–Kier alpha value is -5.92. The molecule has 6 aromatic carbocycles. The molecule has 236 valence electrons. The summed E-state index contributed by atoms with van der Waals surface area (Å²) < 4.78 is 0. The number of fused-ring (bicyclic) bond motifs is 1. The van der Waals surface area contributed by atoms with Crippen LogP contribution < -0.4 is 16.0 Å². The third kappa shape index (κ3) is 8.07. The average molecular weight is 648 g/mol. The van der Waals surface area contributed by atoms with Gasteiger partial charge in [-0.25, -0.2) is 0 Å². The molecule has 6 aromatic rings. The van der Waals surface area contributed by atoms with Crippen LogP contribution in [-0.4, -0.2) is 23.0 Å². The first-order chi connectivity index (χ1) is 23.4. The quantitative estimate of drug-likeness (QED) is 0.102. The van der Waals surface area contributed by atoms with E-state index < -0.39 is 17.1 Å². The number of nitrogens with one attached hydrogen (secondary N) is 3. The molecule has 3 amide bonds. The van der Waals surface area contributed by atoms with Crippen LogP contribution in [0.2, 0.25) is 0 Å². The first-order valence-electron chi connectivity index (χ1n) is 15.5. The first kappa shape index (κ1) is 32.0. The molecular weight excluding hydrogens is 615 g/mol. The first-order valence-corrected chi connectivity index (χ1v) is 16.4. The molecule has 48 heavy (non-hydrogen) atoms. The predicted molar refractivity (Wildman–Crippen MR) is 197 cm³/mol. The van der Waals surface area contributed by atoms with Crippen molar-refractivity contribution >= 4 is 57.7 Å². The summed E-state index contributed by atoms with van der Waals surface area (Å²) in [4.78, 5) is 40.7. The minimum Gasteiger partial charge on any atom is -0.325 e. The Morgan fingerprint density at radius 2 is 1.29 bits per heavy atom. The van der Waals surface area contributed by atoms with Gasteiger partial charge in [-0.3, -0.25) is 14.4 Å². The van der Waals surface area contributed by atoms with E-state index in [9.17, 15) is 14.4 Å². The molecule has 0 spiro atoms. The van der Waals surface area contributed by atoms with Gasteiger partial charge in [-0.15, -0.1) is 11.8 Å². The maximum atomic E-state index is 13.7. The summed E-state index contributed by atoms with van der Waals surface area (Å²) in [7, 11) is 0. The standard InChI is InChI=1S/C41H33N3O3S/c1-28(39(45)43-37-21-10-17-32-14-8-9-20-36(32)37)48-35-19-11-18-34(27-35)42-41(47)38(44-40(46)33-15-6-3-7-16-33)26-29-22-24-31(25-23-29)30-12-4-2-5-13-30/h2-28H,1H3,(H,42,47)(H,43,45)(H,44,46)/b38-26+. The van der Waals surface area contributed by atoms with Crippen LogP contribution in [0.1, 0.15) is 22.8 Å². The van der Waals surface area contributed by atoms with Crippen molar-refractivity contribution in [3.05, 3.63) is 168 Å². The number of hydrogen-bond acceptors (Lipinski definition) is 4. The molecule has 0 bridgehead atoms. The Morgan fingerprint density at radius 3 is 2.06 bits per heavy atom. The number of rotatable bonds is 10. The molecule has 6 rings (SSSR count). The van der Waals surface area contributed by atoms with Crippen molar-refractivity contribution in [2.45, 2.75) is 17.1 Å². The number of hydrogen-bond donors (Lipinski definition) is 3. The number of carbonyl (C=O) groups excluding carboxylic acids is 3. The van der Waals surface area contributed by atoms with Crippen LogP contribution in [-0.2, 0) is 9.59 Å². The van der Waals surface area contributed by atoms with Crippen molar-refractivity contribution < 1.29 is 14.4 Å². The van der Waals surface area contributed by atoms with Crippen LogP contribution in [0.15, 0.2) is 162 Å². The van der Waals surface area contributed by atoms with E-state index >= 15 is 0 Å². The lowest BCUT2D eigenvalue weighted by Crippen LogP contribution is -2.30. The van der Waals surface area contributed by atoms with E-state index in [-0.39, 0.29) is 11.6 Å². The van der Waals surface area contributed by atoms with E-state index in [1.54, 1.807) is 36.4 Å². The van der Waals surface area contributed by atoms with Crippen molar-refractivity contribution in [2.75, 3.05) is 10.6 Å². The highest BCUT2D eigenvalue weighted by atomic mass is 32.2. The highest BCUT2D eigenvalue weighted by Gasteiger charge is 2.18. The van der Waals surface area contributed by atoms with E-state index in [4.69, 9.17) is 0 Å². The molecule has 6 nitrogen and oxygen atoms in total. The number of benzene rings is 6. The van der Waals surface area contributed by atoms with Gasteiger partial charge in [0.25, 0.3) is 11.8 Å². The molecule has 0 aliphatic carbocycles. The molecule has 0 saturated heterocycles. The second-order valence-electron chi connectivity index (χ2n) is 11.1. The third-order valence-electron chi connectivity index (χ3n) is 7.68. The number of amides is 3. The van der Waals surface area contributed by atoms with E-state index in [1.807, 2.05) is 128 Å². The van der Waals surface area contributed by atoms with Gasteiger partial charge in [0.2, 0.25) is 5.91 Å². The van der Waals surface area contributed by atoms with Gasteiger partial charge >= 0.3 is 0 Å². The average Bonchev–Trinajstić information content (AvgIpc) is 3.12. The maximum absolute atomic E-state index is 13.7. The normalized spacial score (nSPS) is 11.8. The van der Waals surface area contributed by atoms with E-state index in [0.717, 1.165) is 38.0 Å². The molecule has 0 heterocycles. The Morgan fingerprint density at radius 1 is 0.646 bits per heavy atom. The monoisotopic (exact) mass is 647 g/mol. The highest BCUT2D eigenvalue weighted by molar-refractivity contribution is 8.00. The van der Waals surface area contributed by atoms with Gasteiger partial charge in [-0.05, 0) is 71.5 Å². The lowest BCUT2D eigenvalue weighted by molar-refractivity contribution is -0.115. The van der Waals surface area contributed by atoms with Crippen molar-refractivity contribution in [3.63, 3.8) is 0 Å². The fraction of sp³-hybridized carbons (Fsp3) is 0.0488. The zero-order valence-corrected chi connectivity index (χ0v) is 27.0. The van der Waals surface area contributed by atoms with Gasteiger partial charge in [0.1, 0.15) is 5.70 Å². The summed E-state index contributed by atoms with van der Waals surface area (Å²) in [5.74, 6) is -0.999. The minimum absolute atomic E-state index is 0.0946. The van der Waals surface area contributed by atoms with Crippen LogP contribution in [0.4, 0.5) is 11.4 Å². The van der Waals surface area contributed by atoms with Gasteiger partial charge < -0.3 is 16.0 Å². The molecule has 0 aromatic heterocycles. The molecule has 0 aliphatic heterocycles. The molecule has 0 saturated carbocycles. The number of thioether (sulfide) groups is 1. The van der Waals surface area contributed by atoms with Crippen LogP contribution >= 0.6 is 11.8 Å². The zero-order valence-electron chi connectivity index (χ0n) is 26.2. The number of anilines is 2.